The van der Waals surface area contributed by atoms with Crippen molar-refractivity contribution in [3.63, 3.8) is 0 Å². The van der Waals surface area contributed by atoms with Gasteiger partial charge in [-0.05, 0) is 37.6 Å². The van der Waals surface area contributed by atoms with E-state index in [1.165, 1.54) is 11.8 Å². The molecule has 0 spiro atoms. The monoisotopic (exact) mass is 461 g/mol. The van der Waals surface area contributed by atoms with Crippen LogP contribution in [0.1, 0.15) is 30.7 Å². The summed E-state index contributed by atoms with van der Waals surface area (Å²) in [5, 5.41) is 2.11. The van der Waals surface area contributed by atoms with E-state index in [1.54, 1.807) is 16.7 Å². The summed E-state index contributed by atoms with van der Waals surface area (Å²) in [4.78, 5) is 22.7. The van der Waals surface area contributed by atoms with Gasteiger partial charge in [0.15, 0.2) is 10.8 Å². The maximum atomic E-state index is 13.2. The first-order valence-corrected chi connectivity index (χ1v) is 11.3. The molecule has 0 N–H and O–H groups in total. The van der Waals surface area contributed by atoms with Gasteiger partial charge in [-0.25, -0.2) is 9.97 Å². The molecule has 1 aliphatic heterocycles. The Balaban J connectivity index is 1.75. The molecular weight excluding hydrogens is 441 g/mol. The molecule has 1 aliphatic rings. The number of aromatic nitrogens is 3. The molecular formula is C22H21Cl2N3O2S. The van der Waals surface area contributed by atoms with Gasteiger partial charge in [0.05, 0.1) is 33.3 Å². The van der Waals surface area contributed by atoms with Crippen molar-refractivity contribution in [2.24, 2.45) is 0 Å². The zero-order chi connectivity index (χ0) is 21.5. The van der Waals surface area contributed by atoms with Gasteiger partial charge in [-0.15, -0.1) is 6.58 Å². The normalized spacial score (nSPS) is 15.2. The molecule has 0 atom stereocenters. The molecule has 0 aliphatic carbocycles. The van der Waals surface area contributed by atoms with Crippen molar-refractivity contribution in [3.8, 4) is 0 Å². The third-order valence-corrected chi connectivity index (χ3v) is 6.74. The standard InChI is InChI=1S/C22H21Cl2N3O2S/c1-4-7-27-20(28)15-9-14-11-29-22(2,3)10-18(14)25-19(15)26-21(27)30-12-13-5-6-16(23)17(24)8-13/h4-6,8-9H,1,7,10-12H2,2-3H3. The van der Waals surface area contributed by atoms with Gasteiger partial charge < -0.3 is 4.74 Å². The average Bonchev–Trinajstić information content (AvgIpc) is 2.69. The third-order valence-electron chi connectivity index (χ3n) is 4.95. The summed E-state index contributed by atoms with van der Waals surface area (Å²) in [5.41, 5.74) is 2.93. The van der Waals surface area contributed by atoms with Crippen molar-refractivity contribution in [2.45, 2.75) is 49.9 Å². The van der Waals surface area contributed by atoms with Crippen molar-refractivity contribution < 1.29 is 4.74 Å². The summed E-state index contributed by atoms with van der Waals surface area (Å²) >= 11 is 13.6. The van der Waals surface area contributed by atoms with Crippen molar-refractivity contribution >= 4 is 46.0 Å². The SMILES string of the molecule is C=CCn1c(SCc2ccc(Cl)c(Cl)c2)nc2nc3c(cc2c1=O)COC(C)(C)C3. The first-order valence-electron chi connectivity index (χ1n) is 9.52. The number of hydrogen-bond acceptors (Lipinski definition) is 5. The fourth-order valence-corrected chi connectivity index (χ4v) is 4.65. The van der Waals surface area contributed by atoms with E-state index in [0.29, 0.717) is 51.6 Å². The molecule has 0 radical (unpaired) electrons. The fourth-order valence-electron chi connectivity index (χ4n) is 3.39. The lowest BCUT2D eigenvalue weighted by Crippen LogP contribution is -2.33. The Morgan fingerprint density at radius 1 is 1.27 bits per heavy atom. The van der Waals surface area contributed by atoms with Gasteiger partial charge in [0.2, 0.25) is 0 Å². The van der Waals surface area contributed by atoms with E-state index in [2.05, 4.69) is 6.58 Å². The smallest absolute Gasteiger partial charge is 0.263 e. The maximum Gasteiger partial charge on any atom is 0.263 e. The van der Waals surface area contributed by atoms with Crippen LogP contribution in [0.5, 0.6) is 0 Å². The van der Waals surface area contributed by atoms with Crippen LogP contribution in [0.25, 0.3) is 11.0 Å². The molecule has 5 nitrogen and oxygen atoms in total. The van der Waals surface area contributed by atoms with E-state index < -0.39 is 0 Å². The molecule has 156 valence electrons. The zero-order valence-corrected chi connectivity index (χ0v) is 19.1. The number of rotatable bonds is 5. The van der Waals surface area contributed by atoms with Gasteiger partial charge in [-0.1, -0.05) is 47.1 Å². The highest BCUT2D eigenvalue weighted by Crippen LogP contribution is 2.30. The largest absolute Gasteiger partial charge is 0.370 e. The maximum absolute atomic E-state index is 13.2. The van der Waals surface area contributed by atoms with Crippen LogP contribution in [0.15, 0.2) is 46.9 Å². The van der Waals surface area contributed by atoms with Crippen LogP contribution < -0.4 is 5.56 Å². The van der Waals surface area contributed by atoms with Crippen LogP contribution in [0.3, 0.4) is 0 Å². The summed E-state index contributed by atoms with van der Waals surface area (Å²) in [6.07, 6.45) is 2.37. The second kappa shape index (κ2) is 8.35. The van der Waals surface area contributed by atoms with Crippen molar-refractivity contribution in [2.75, 3.05) is 0 Å². The quantitative estimate of drug-likeness (QED) is 0.288. The summed E-state index contributed by atoms with van der Waals surface area (Å²) < 4.78 is 7.50. The molecule has 30 heavy (non-hydrogen) atoms. The number of thioether (sulfide) groups is 1. The van der Waals surface area contributed by atoms with Gasteiger partial charge in [0.1, 0.15) is 0 Å². The van der Waals surface area contributed by atoms with Crippen LogP contribution in [0.4, 0.5) is 0 Å². The Bertz CT molecular complexity index is 1210. The van der Waals surface area contributed by atoms with Gasteiger partial charge in [0, 0.05) is 24.3 Å². The Hall–Kier alpha value is -1.86. The number of benzene rings is 1. The van der Waals surface area contributed by atoms with E-state index in [4.69, 9.17) is 37.9 Å². The summed E-state index contributed by atoms with van der Waals surface area (Å²) in [6, 6.07) is 7.37. The van der Waals surface area contributed by atoms with E-state index >= 15 is 0 Å². The van der Waals surface area contributed by atoms with Gasteiger partial charge in [-0.2, -0.15) is 0 Å². The number of ether oxygens (including phenoxy) is 1. The lowest BCUT2D eigenvalue weighted by atomic mass is 9.95. The van der Waals surface area contributed by atoms with Crippen molar-refractivity contribution in [1.82, 2.24) is 14.5 Å². The number of halogens is 2. The molecule has 8 heteroatoms. The van der Waals surface area contributed by atoms with E-state index in [1.807, 2.05) is 32.0 Å². The van der Waals surface area contributed by atoms with Crippen LogP contribution in [0, 0.1) is 0 Å². The molecule has 0 bridgehead atoms. The fraction of sp³-hybridized carbons (Fsp3) is 0.318. The van der Waals surface area contributed by atoms with E-state index in [0.717, 1.165) is 16.8 Å². The van der Waals surface area contributed by atoms with Crippen molar-refractivity contribution in [3.05, 3.63) is 74.1 Å². The molecule has 3 heterocycles. The third kappa shape index (κ3) is 4.28. The zero-order valence-electron chi connectivity index (χ0n) is 16.7. The van der Waals surface area contributed by atoms with E-state index in [9.17, 15) is 4.79 Å². The summed E-state index contributed by atoms with van der Waals surface area (Å²) in [5.74, 6) is 0.595. The molecule has 2 aromatic heterocycles. The number of fused-ring (bicyclic) bond motifs is 2. The lowest BCUT2D eigenvalue weighted by Gasteiger charge is -2.31. The van der Waals surface area contributed by atoms with Crippen molar-refractivity contribution in [1.29, 1.82) is 0 Å². The number of nitrogens with zero attached hydrogens (tertiary/aromatic N) is 3. The molecule has 4 rings (SSSR count). The number of pyridine rings is 1. The molecule has 0 saturated heterocycles. The Morgan fingerprint density at radius 3 is 2.80 bits per heavy atom. The van der Waals surface area contributed by atoms with Crippen LogP contribution in [0.2, 0.25) is 10.0 Å². The predicted octanol–water partition coefficient (Wildman–Crippen LogP) is 5.43. The number of allylic oxidation sites excluding steroid dienone is 1. The Morgan fingerprint density at radius 2 is 2.07 bits per heavy atom. The van der Waals surface area contributed by atoms with Gasteiger partial charge in [0.25, 0.3) is 5.56 Å². The highest BCUT2D eigenvalue weighted by molar-refractivity contribution is 7.98. The van der Waals surface area contributed by atoms with Gasteiger partial charge in [-0.3, -0.25) is 9.36 Å². The minimum absolute atomic E-state index is 0.128. The Labute approximate surface area is 189 Å². The van der Waals surface area contributed by atoms with Gasteiger partial charge >= 0.3 is 0 Å². The second-order valence-electron chi connectivity index (χ2n) is 7.83. The molecule has 1 aromatic carbocycles. The highest BCUT2D eigenvalue weighted by Gasteiger charge is 2.28. The first-order chi connectivity index (χ1) is 14.3. The molecule has 3 aromatic rings. The topological polar surface area (TPSA) is 57.0 Å². The van der Waals surface area contributed by atoms with Crippen LogP contribution in [-0.2, 0) is 30.1 Å². The minimum Gasteiger partial charge on any atom is -0.370 e. The predicted molar refractivity (Wildman–Crippen MR) is 123 cm³/mol. The van der Waals surface area contributed by atoms with Crippen LogP contribution in [-0.4, -0.2) is 20.1 Å². The minimum atomic E-state index is -0.281. The average molecular weight is 462 g/mol. The molecule has 0 fully saturated rings. The Kier molecular flexibility index (Phi) is 5.95. The highest BCUT2D eigenvalue weighted by atomic mass is 35.5. The van der Waals surface area contributed by atoms with E-state index in [-0.39, 0.29) is 11.2 Å². The molecule has 0 saturated carbocycles. The molecule has 0 amide bonds. The summed E-state index contributed by atoms with van der Waals surface area (Å²) in [6.45, 7) is 8.67. The summed E-state index contributed by atoms with van der Waals surface area (Å²) in [7, 11) is 0. The molecule has 0 unspecified atom stereocenters. The second-order valence-corrected chi connectivity index (χ2v) is 9.58. The lowest BCUT2D eigenvalue weighted by molar-refractivity contribution is -0.0411. The van der Waals surface area contributed by atoms with Crippen LogP contribution >= 0.6 is 35.0 Å². The number of hydrogen-bond donors (Lipinski definition) is 0. The first kappa shape index (κ1) is 21.4.